The van der Waals surface area contributed by atoms with Crippen molar-refractivity contribution in [2.24, 2.45) is 4.99 Å². The zero-order valence-electron chi connectivity index (χ0n) is 18.5. The molecule has 1 aromatic carbocycles. The number of aldehydes is 1. The van der Waals surface area contributed by atoms with Crippen LogP contribution in [0.4, 0.5) is 5.82 Å². The number of nitrogens with one attached hydrogen (secondary N) is 1. The zero-order chi connectivity index (χ0) is 23.0. The van der Waals surface area contributed by atoms with Crippen LogP contribution in [0.15, 0.2) is 35.6 Å². The first-order chi connectivity index (χ1) is 14.8. The number of hydrogen-bond donors (Lipinski definition) is 1. The lowest BCUT2D eigenvalue weighted by molar-refractivity contribution is -0.115. The van der Waals surface area contributed by atoms with Crippen molar-refractivity contribution >= 4 is 35.7 Å². The summed E-state index contributed by atoms with van der Waals surface area (Å²) in [6.07, 6.45) is 8.12. The first kappa shape index (κ1) is 23.6. The lowest BCUT2D eigenvalue weighted by Gasteiger charge is -2.17. The third-order valence-electron chi connectivity index (χ3n) is 4.40. The summed E-state index contributed by atoms with van der Waals surface area (Å²) >= 11 is 0. The Labute approximate surface area is 182 Å². The van der Waals surface area contributed by atoms with E-state index in [9.17, 15) is 14.4 Å². The summed E-state index contributed by atoms with van der Waals surface area (Å²) < 4.78 is 0. The molecule has 0 unspecified atom stereocenters. The maximum Gasteiger partial charge on any atom is 0.254 e. The Balaban J connectivity index is 2.25. The van der Waals surface area contributed by atoms with Crippen LogP contribution in [0.5, 0.6) is 0 Å². The topological polar surface area (TPSA) is 105 Å². The van der Waals surface area contributed by atoms with E-state index in [1.165, 1.54) is 11.1 Å². The van der Waals surface area contributed by atoms with E-state index >= 15 is 0 Å². The number of hydrogen-bond acceptors (Lipinski definition) is 6. The molecule has 0 saturated heterocycles. The van der Waals surface area contributed by atoms with Crippen LogP contribution in [-0.4, -0.2) is 60.3 Å². The van der Waals surface area contributed by atoms with Gasteiger partial charge in [-0.05, 0) is 25.0 Å². The van der Waals surface area contributed by atoms with E-state index in [4.69, 9.17) is 0 Å². The molecule has 0 fully saturated rings. The Morgan fingerprint density at radius 3 is 2.48 bits per heavy atom. The average Bonchev–Trinajstić information content (AvgIpc) is 2.73. The molecule has 2 amide bonds. The predicted octanol–water partition coefficient (Wildman–Crippen LogP) is 2.97. The van der Waals surface area contributed by atoms with Gasteiger partial charge in [-0.15, -0.1) is 0 Å². The van der Waals surface area contributed by atoms with E-state index in [1.807, 2.05) is 19.9 Å². The molecule has 0 aliphatic rings. The molecular formula is C23H27N5O3. The fourth-order valence-electron chi connectivity index (χ4n) is 3.09. The number of rotatable bonds is 8. The number of nitrogens with zero attached hydrogens (tertiary/aromatic N) is 4. The number of allylic oxidation sites excluding steroid dienone is 2. The van der Waals surface area contributed by atoms with E-state index in [2.05, 4.69) is 20.3 Å². The molecule has 8 nitrogen and oxygen atoms in total. The molecule has 0 radical (unpaired) electrons. The van der Waals surface area contributed by atoms with Crippen LogP contribution >= 0.6 is 0 Å². The van der Waals surface area contributed by atoms with Gasteiger partial charge in [0.05, 0.1) is 30.1 Å². The lowest BCUT2D eigenvalue weighted by atomic mass is 9.95. The molecule has 31 heavy (non-hydrogen) atoms. The van der Waals surface area contributed by atoms with Gasteiger partial charge < -0.3 is 10.2 Å². The molecule has 0 aliphatic heterocycles. The highest BCUT2D eigenvalue weighted by Gasteiger charge is 2.20. The summed E-state index contributed by atoms with van der Waals surface area (Å²) in [7, 11) is 4.88. The summed E-state index contributed by atoms with van der Waals surface area (Å²) in [6.45, 7) is 3.83. The number of amides is 2. The fraction of sp³-hybridized carbons (Fsp3) is 0.304. The quantitative estimate of drug-likeness (QED) is 0.521. The first-order valence-electron chi connectivity index (χ1n) is 9.85. The van der Waals surface area contributed by atoms with Crippen LogP contribution in [0.3, 0.4) is 0 Å². The smallest absolute Gasteiger partial charge is 0.254 e. The number of carbonyl (C=O) groups is 3. The second-order valence-corrected chi connectivity index (χ2v) is 7.17. The van der Waals surface area contributed by atoms with Crippen LogP contribution < -0.4 is 5.32 Å². The van der Waals surface area contributed by atoms with Crippen LogP contribution in [-0.2, 0) is 11.2 Å². The number of aromatic nitrogens is 2. The third-order valence-corrected chi connectivity index (χ3v) is 4.40. The summed E-state index contributed by atoms with van der Waals surface area (Å²) in [5, 5.41) is 2.69. The number of benzene rings is 1. The molecule has 162 valence electrons. The van der Waals surface area contributed by atoms with Crippen molar-refractivity contribution in [2.45, 2.75) is 26.7 Å². The van der Waals surface area contributed by atoms with Crippen molar-refractivity contribution in [2.75, 3.05) is 26.5 Å². The van der Waals surface area contributed by atoms with Gasteiger partial charge in [0.2, 0.25) is 5.91 Å². The Hall–Kier alpha value is -3.68. The largest absolute Gasteiger partial charge is 0.345 e. The van der Waals surface area contributed by atoms with Crippen molar-refractivity contribution < 1.29 is 14.4 Å². The van der Waals surface area contributed by atoms with E-state index in [0.717, 1.165) is 17.6 Å². The Bertz CT molecular complexity index is 1020. The van der Waals surface area contributed by atoms with Crippen molar-refractivity contribution in [3.8, 4) is 0 Å². The maximum atomic E-state index is 12.6. The van der Waals surface area contributed by atoms with Crippen molar-refractivity contribution in [3.63, 3.8) is 0 Å². The van der Waals surface area contributed by atoms with Gasteiger partial charge in [0.1, 0.15) is 0 Å². The lowest BCUT2D eigenvalue weighted by Crippen LogP contribution is -2.26. The monoisotopic (exact) mass is 421 g/mol. The molecular weight excluding hydrogens is 394 g/mol. The van der Waals surface area contributed by atoms with Gasteiger partial charge in [0.25, 0.3) is 5.91 Å². The minimum atomic E-state index is -0.364. The first-order valence-corrected chi connectivity index (χ1v) is 9.85. The standard InChI is InChI=1S/C23H27N5O3/c1-6-7-16(11-24-3)19-12-26-20(13-25-19)27-21(30)10-17-8-15(2)9-18(14-29)22(17)23(31)28(4)5/h7-9,11-14H,6,10H2,1-5H3,(H,26,27,30)/b16-7+,24-11?. The molecule has 2 rings (SSSR count). The van der Waals surface area contributed by atoms with Gasteiger partial charge in [-0.25, -0.2) is 4.98 Å². The Morgan fingerprint density at radius 2 is 1.94 bits per heavy atom. The summed E-state index contributed by atoms with van der Waals surface area (Å²) in [6, 6.07) is 3.38. The SMILES string of the molecule is CC/C=C(\C=NC)c1cnc(NC(=O)Cc2cc(C)cc(C=O)c2C(=O)N(C)C)cn1. The average molecular weight is 422 g/mol. The van der Waals surface area contributed by atoms with Crippen LogP contribution in [0.1, 0.15) is 50.9 Å². The number of carbonyl (C=O) groups excluding carboxylic acids is 3. The van der Waals surface area contributed by atoms with Gasteiger partial charge >= 0.3 is 0 Å². The molecule has 0 spiro atoms. The maximum absolute atomic E-state index is 12.6. The van der Waals surface area contributed by atoms with Gasteiger partial charge in [-0.2, -0.15) is 0 Å². The molecule has 1 heterocycles. The van der Waals surface area contributed by atoms with Gasteiger partial charge in [0.15, 0.2) is 12.1 Å². The molecule has 0 saturated carbocycles. The van der Waals surface area contributed by atoms with Gasteiger partial charge in [0, 0.05) is 38.5 Å². The Kier molecular flexibility index (Phi) is 8.31. The van der Waals surface area contributed by atoms with Crippen LogP contribution in [0, 0.1) is 6.92 Å². The molecule has 0 atom stereocenters. The minimum absolute atomic E-state index is 0.0790. The minimum Gasteiger partial charge on any atom is -0.345 e. The van der Waals surface area contributed by atoms with Crippen LogP contribution in [0.25, 0.3) is 5.57 Å². The molecule has 0 aliphatic carbocycles. The molecule has 2 aromatic rings. The van der Waals surface area contributed by atoms with Crippen molar-refractivity contribution in [1.29, 1.82) is 0 Å². The normalized spacial score (nSPS) is 11.5. The molecule has 1 aromatic heterocycles. The van der Waals surface area contributed by atoms with E-state index in [-0.39, 0.29) is 29.4 Å². The summed E-state index contributed by atoms with van der Waals surface area (Å²) in [5.41, 5.74) is 3.27. The highest BCUT2D eigenvalue weighted by Crippen LogP contribution is 2.20. The predicted molar refractivity (Wildman–Crippen MR) is 122 cm³/mol. The second kappa shape index (κ2) is 10.9. The van der Waals surface area contributed by atoms with E-state index in [1.54, 1.807) is 45.7 Å². The molecule has 0 bridgehead atoms. The third kappa shape index (κ3) is 6.15. The highest BCUT2D eigenvalue weighted by atomic mass is 16.2. The fourth-order valence-corrected chi connectivity index (χ4v) is 3.09. The Morgan fingerprint density at radius 1 is 1.19 bits per heavy atom. The molecule has 8 heteroatoms. The highest BCUT2D eigenvalue weighted by molar-refractivity contribution is 6.09. The summed E-state index contributed by atoms with van der Waals surface area (Å²) in [5.74, 6) is -0.402. The number of aliphatic imine (C=N–C) groups is 1. The number of anilines is 1. The second-order valence-electron chi connectivity index (χ2n) is 7.17. The van der Waals surface area contributed by atoms with Gasteiger partial charge in [-0.3, -0.25) is 24.4 Å². The van der Waals surface area contributed by atoms with Crippen molar-refractivity contribution in [3.05, 3.63) is 58.6 Å². The van der Waals surface area contributed by atoms with Crippen LogP contribution in [0.2, 0.25) is 0 Å². The van der Waals surface area contributed by atoms with Gasteiger partial charge in [-0.1, -0.05) is 24.6 Å². The van der Waals surface area contributed by atoms with E-state index < -0.39 is 0 Å². The number of aryl methyl sites for hydroxylation is 1. The van der Waals surface area contributed by atoms with Crippen molar-refractivity contribution in [1.82, 2.24) is 14.9 Å². The van der Waals surface area contributed by atoms with E-state index in [0.29, 0.717) is 23.4 Å². The summed E-state index contributed by atoms with van der Waals surface area (Å²) in [4.78, 5) is 50.7. The molecule has 1 N–H and O–H groups in total. The zero-order valence-corrected chi connectivity index (χ0v) is 18.5.